The molecule has 0 aromatic carbocycles. The first-order chi connectivity index (χ1) is 9.30. The summed E-state index contributed by atoms with van der Waals surface area (Å²) in [6, 6.07) is 1.71. The molecule has 6 heteroatoms. The molecule has 0 atom stereocenters. The van der Waals surface area contributed by atoms with E-state index in [2.05, 4.69) is 20.8 Å². The highest BCUT2D eigenvalue weighted by molar-refractivity contribution is 7.89. The zero-order valence-electron chi connectivity index (χ0n) is 12.4. The van der Waals surface area contributed by atoms with Crippen LogP contribution in [-0.4, -0.2) is 30.4 Å². The Morgan fingerprint density at radius 1 is 1.40 bits per heavy atom. The van der Waals surface area contributed by atoms with E-state index in [1.54, 1.807) is 16.6 Å². The zero-order valence-corrected chi connectivity index (χ0v) is 14.0. The number of hydrogen-bond donors (Lipinski definition) is 0. The van der Waals surface area contributed by atoms with Crippen molar-refractivity contribution in [3.05, 3.63) is 18.0 Å². The fourth-order valence-corrected chi connectivity index (χ4v) is 4.57. The molecule has 1 fully saturated rings. The third-order valence-corrected chi connectivity index (χ3v) is 5.93. The summed E-state index contributed by atoms with van der Waals surface area (Å²) in [5, 5.41) is 0. The Morgan fingerprint density at radius 3 is 2.60 bits per heavy atom. The van der Waals surface area contributed by atoms with E-state index in [1.165, 1.54) is 0 Å². The number of aryl methyl sites for hydroxylation is 1. The Morgan fingerprint density at radius 2 is 2.10 bits per heavy atom. The van der Waals surface area contributed by atoms with Crippen molar-refractivity contribution < 1.29 is 8.42 Å². The van der Waals surface area contributed by atoms with Crippen LogP contribution in [0.2, 0.25) is 0 Å². The molecule has 2 heterocycles. The van der Waals surface area contributed by atoms with Crippen LogP contribution in [0.25, 0.3) is 0 Å². The van der Waals surface area contributed by atoms with E-state index in [1.807, 2.05) is 4.57 Å². The number of aromatic nitrogens is 1. The average Bonchev–Trinajstić information content (AvgIpc) is 2.93. The van der Waals surface area contributed by atoms with E-state index in [-0.39, 0.29) is 5.41 Å². The normalized spacial score (nSPS) is 19.6. The van der Waals surface area contributed by atoms with Gasteiger partial charge in [0.15, 0.2) is 0 Å². The molecule has 2 rings (SSSR count). The van der Waals surface area contributed by atoms with Gasteiger partial charge in [-0.3, -0.25) is 0 Å². The average molecular weight is 319 g/mol. The van der Waals surface area contributed by atoms with E-state index in [9.17, 15) is 8.42 Å². The van der Waals surface area contributed by atoms with Gasteiger partial charge in [0.1, 0.15) is 4.90 Å². The first kappa shape index (κ1) is 15.9. The molecule has 1 aliphatic heterocycles. The minimum Gasteiger partial charge on any atom is -0.349 e. The van der Waals surface area contributed by atoms with Gasteiger partial charge in [0.2, 0.25) is 10.0 Å². The van der Waals surface area contributed by atoms with E-state index >= 15 is 0 Å². The third-order valence-electron chi connectivity index (χ3n) is 3.84. The number of nitrogens with zero attached hydrogens (tertiary/aromatic N) is 2. The number of alkyl halides is 1. The monoisotopic (exact) mass is 318 g/mol. The molecule has 1 aliphatic rings. The molecule has 0 N–H and O–H groups in total. The van der Waals surface area contributed by atoms with Crippen LogP contribution < -0.4 is 0 Å². The lowest BCUT2D eigenvalue weighted by Crippen LogP contribution is -2.30. The summed E-state index contributed by atoms with van der Waals surface area (Å²) in [6.07, 6.45) is 3.58. The molecule has 114 valence electrons. The van der Waals surface area contributed by atoms with E-state index in [4.69, 9.17) is 11.6 Å². The Kier molecular flexibility index (Phi) is 4.52. The standard InChI is InChI=1S/C14H23ClN2O2S/c1-4-6-16-10-13(8-12(16)9-15)20(18,19)17-7-5-14(2,3)11-17/h8,10H,4-7,9,11H2,1-3H3. The van der Waals surface area contributed by atoms with Crippen molar-refractivity contribution in [1.29, 1.82) is 0 Å². The summed E-state index contributed by atoms with van der Waals surface area (Å²) in [5.74, 6) is 0.334. The van der Waals surface area contributed by atoms with Crippen molar-refractivity contribution in [1.82, 2.24) is 8.87 Å². The maximum atomic E-state index is 12.7. The molecule has 0 bridgehead atoms. The van der Waals surface area contributed by atoms with Crippen LogP contribution in [0, 0.1) is 5.41 Å². The van der Waals surface area contributed by atoms with Gasteiger partial charge in [-0.25, -0.2) is 8.42 Å². The van der Waals surface area contributed by atoms with Gasteiger partial charge in [-0.15, -0.1) is 11.6 Å². The predicted molar refractivity (Wildman–Crippen MR) is 81.4 cm³/mol. The van der Waals surface area contributed by atoms with Gasteiger partial charge < -0.3 is 4.57 Å². The summed E-state index contributed by atoms with van der Waals surface area (Å²) < 4.78 is 28.9. The van der Waals surface area contributed by atoms with Crippen molar-refractivity contribution in [2.45, 2.75) is 50.9 Å². The smallest absolute Gasteiger partial charge is 0.244 e. The molecule has 0 aliphatic carbocycles. The van der Waals surface area contributed by atoms with Crippen LogP contribution in [0.15, 0.2) is 17.2 Å². The fraction of sp³-hybridized carbons (Fsp3) is 0.714. The van der Waals surface area contributed by atoms with E-state index in [0.29, 0.717) is 23.9 Å². The lowest BCUT2D eigenvalue weighted by molar-refractivity contribution is 0.375. The maximum absolute atomic E-state index is 12.7. The fourth-order valence-electron chi connectivity index (χ4n) is 2.64. The second-order valence-electron chi connectivity index (χ2n) is 6.25. The summed E-state index contributed by atoms with van der Waals surface area (Å²) in [5.41, 5.74) is 0.930. The van der Waals surface area contributed by atoms with Crippen molar-refractivity contribution >= 4 is 21.6 Å². The summed E-state index contributed by atoms with van der Waals surface area (Å²) in [4.78, 5) is 0.374. The molecule has 0 saturated carbocycles. The molecule has 4 nitrogen and oxygen atoms in total. The third kappa shape index (κ3) is 3.05. The van der Waals surface area contributed by atoms with Crippen LogP contribution in [0.5, 0.6) is 0 Å². The number of hydrogen-bond acceptors (Lipinski definition) is 2. The Hall–Kier alpha value is -0.520. The molecule has 20 heavy (non-hydrogen) atoms. The number of halogens is 1. The van der Waals surface area contributed by atoms with Crippen molar-refractivity contribution in [2.24, 2.45) is 5.41 Å². The van der Waals surface area contributed by atoms with Crippen LogP contribution in [-0.2, 0) is 22.4 Å². The first-order valence-corrected chi connectivity index (χ1v) is 9.03. The lowest BCUT2D eigenvalue weighted by Gasteiger charge is -2.19. The summed E-state index contributed by atoms with van der Waals surface area (Å²) in [7, 11) is -3.39. The van der Waals surface area contributed by atoms with Gasteiger partial charge in [-0.2, -0.15) is 4.31 Å². The van der Waals surface area contributed by atoms with Crippen molar-refractivity contribution in [3.8, 4) is 0 Å². The molecule has 0 unspecified atom stereocenters. The number of rotatable bonds is 5. The van der Waals surface area contributed by atoms with Crippen LogP contribution >= 0.6 is 11.6 Å². The zero-order chi connectivity index (χ0) is 15.0. The minimum atomic E-state index is -3.39. The second-order valence-corrected chi connectivity index (χ2v) is 8.45. The van der Waals surface area contributed by atoms with E-state index in [0.717, 1.165) is 25.1 Å². The van der Waals surface area contributed by atoms with Gasteiger partial charge in [-0.1, -0.05) is 20.8 Å². The first-order valence-electron chi connectivity index (χ1n) is 7.05. The van der Waals surface area contributed by atoms with Crippen LogP contribution in [0.1, 0.15) is 39.3 Å². The maximum Gasteiger partial charge on any atom is 0.244 e. The minimum absolute atomic E-state index is 0.0639. The topological polar surface area (TPSA) is 42.3 Å². The number of sulfonamides is 1. The molecule has 0 spiro atoms. The Balaban J connectivity index is 2.30. The van der Waals surface area contributed by atoms with Crippen LogP contribution in [0.3, 0.4) is 0 Å². The second kappa shape index (κ2) is 5.70. The van der Waals surface area contributed by atoms with Crippen LogP contribution in [0.4, 0.5) is 0 Å². The highest BCUT2D eigenvalue weighted by Crippen LogP contribution is 2.33. The van der Waals surface area contributed by atoms with Gasteiger partial charge in [0.25, 0.3) is 0 Å². The van der Waals surface area contributed by atoms with Gasteiger partial charge >= 0.3 is 0 Å². The molecule has 0 radical (unpaired) electrons. The lowest BCUT2D eigenvalue weighted by atomic mass is 9.93. The van der Waals surface area contributed by atoms with Crippen molar-refractivity contribution in [2.75, 3.05) is 13.1 Å². The molecule has 1 saturated heterocycles. The van der Waals surface area contributed by atoms with Gasteiger partial charge in [0, 0.05) is 31.5 Å². The Labute approximate surface area is 126 Å². The molecule has 1 aromatic heterocycles. The highest BCUT2D eigenvalue weighted by Gasteiger charge is 2.37. The van der Waals surface area contributed by atoms with Crippen molar-refractivity contribution in [3.63, 3.8) is 0 Å². The molecule has 0 amide bonds. The Bertz CT molecular complexity index is 578. The summed E-state index contributed by atoms with van der Waals surface area (Å²) >= 11 is 5.91. The molecular formula is C14H23ClN2O2S. The summed E-state index contributed by atoms with van der Waals surface area (Å²) in [6.45, 7) is 8.26. The molecular weight excluding hydrogens is 296 g/mol. The quantitative estimate of drug-likeness (QED) is 0.783. The highest BCUT2D eigenvalue weighted by atomic mass is 35.5. The molecule has 1 aromatic rings. The van der Waals surface area contributed by atoms with Gasteiger partial charge in [-0.05, 0) is 24.3 Å². The van der Waals surface area contributed by atoms with Gasteiger partial charge in [0.05, 0.1) is 5.88 Å². The SMILES string of the molecule is CCCn1cc(S(=O)(=O)N2CCC(C)(C)C2)cc1CCl. The van der Waals surface area contributed by atoms with E-state index < -0.39 is 10.0 Å². The predicted octanol–water partition coefficient (Wildman–Crippen LogP) is 3.06. The largest absolute Gasteiger partial charge is 0.349 e.